The van der Waals surface area contributed by atoms with Gasteiger partial charge in [-0.25, -0.2) is 0 Å². The molecule has 0 aliphatic carbocycles. The first kappa shape index (κ1) is 21.6. The highest BCUT2D eigenvalue weighted by Crippen LogP contribution is 2.33. The number of benzene rings is 2. The van der Waals surface area contributed by atoms with E-state index in [2.05, 4.69) is 5.32 Å². The van der Waals surface area contributed by atoms with Gasteiger partial charge in [0.15, 0.2) is 17.7 Å². The molecule has 0 fully saturated rings. The largest absolute Gasteiger partial charge is 0.493 e. The monoisotopic (exact) mass is 411 g/mol. The summed E-state index contributed by atoms with van der Waals surface area (Å²) < 4.78 is 22.5. The van der Waals surface area contributed by atoms with Crippen LogP contribution >= 0.6 is 0 Å². The van der Waals surface area contributed by atoms with Gasteiger partial charge in [-0.3, -0.25) is 4.79 Å². The standard InChI is InChI=1S/C24H29NO5/c1-4-28-22(26)14-13-18-11-8-12-21(23(18)27-3)29-16-15-20-17(2)30-24(25-20)19-9-6-5-7-10-19/h5-12,24-25H,4,13-16H2,1-3H3. The highest BCUT2D eigenvalue weighted by atomic mass is 16.5. The third kappa shape index (κ3) is 5.47. The van der Waals surface area contributed by atoms with Gasteiger partial charge in [-0.05, 0) is 31.9 Å². The number of allylic oxidation sites excluding steroid dienone is 1. The van der Waals surface area contributed by atoms with Gasteiger partial charge in [0.05, 0.1) is 26.0 Å². The molecule has 6 nitrogen and oxygen atoms in total. The van der Waals surface area contributed by atoms with Crippen LogP contribution in [0, 0.1) is 0 Å². The van der Waals surface area contributed by atoms with Crippen LogP contribution in [0.15, 0.2) is 60.0 Å². The summed E-state index contributed by atoms with van der Waals surface area (Å²) in [5, 5.41) is 3.42. The fourth-order valence-electron chi connectivity index (χ4n) is 3.40. The maximum absolute atomic E-state index is 11.7. The van der Waals surface area contributed by atoms with Crippen molar-refractivity contribution in [3.63, 3.8) is 0 Å². The molecule has 1 unspecified atom stereocenters. The van der Waals surface area contributed by atoms with E-state index in [1.807, 2.05) is 55.5 Å². The van der Waals surface area contributed by atoms with Gasteiger partial charge in [0.25, 0.3) is 0 Å². The predicted molar refractivity (Wildman–Crippen MR) is 114 cm³/mol. The van der Waals surface area contributed by atoms with E-state index in [-0.39, 0.29) is 12.2 Å². The van der Waals surface area contributed by atoms with Gasteiger partial charge in [-0.2, -0.15) is 0 Å². The van der Waals surface area contributed by atoms with Crippen LogP contribution in [0.4, 0.5) is 0 Å². The molecular weight excluding hydrogens is 382 g/mol. The molecule has 1 aliphatic heterocycles. The van der Waals surface area contributed by atoms with Crippen LogP contribution in [0.1, 0.15) is 44.0 Å². The highest BCUT2D eigenvalue weighted by molar-refractivity contribution is 5.70. The molecule has 0 radical (unpaired) electrons. The van der Waals surface area contributed by atoms with E-state index < -0.39 is 0 Å². The molecule has 0 bridgehead atoms. The smallest absolute Gasteiger partial charge is 0.306 e. The lowest BCUT2D eigenvalue weighted by molar-refractivity contribution is -0.143. The van der Waals surface area contributed by atoms with E-state index in [1.165, 1.54) is 0 Å². The summed E-state index contributed by atoms with van der Waals surface area (Å²) in [7, 11) is 1.61. The van der Waals surface area contributed by atoms with Crippen molar-refractivity contribution >= 4 is 5.97 Å². The van der Waals surface area contributed by atoms with Crippen LogP contribution < -0.4 is 14.8 Å². The Hall–Kier alpha value is -3.15. The van der Waals surface area contributed by atoms with Crippen LogP contribution in [-0.4, -0.2) is 26.3 Å². The molecule has 1 atom stereocenters. The van der Waals surface area contributed by atoms with Gasteiger partial charge in [-0.1, -0.05) is 42.5 Å². The Labute approximate surface area is 177 Å². The van der Waals surface area contributed by atoms with E-state index in [1.54, 1.807) is 14.0 Å². The fourth-order valence-corrected chi connectivity index (χ4v) is 3.40. The van der Waals surface area contributed by atoms with Crippen LogP contribution in [0.2, 0.25) is 0 Å². The number of para-hydroxylation sites is 1. The molecule has 3 rings (SSSR count). The first-order valence-electron chi connectivity index (χ1n) is 10.2. The summed E-state index contributed by atoms with van der Waals surface area (Å²) in [5.41, 5.74) is 3.04. The lowest BCUT2D eigenvalue weighted by atomic mass is 10.1. The van der Waals surface area contributed by atoms with Crippen molar-refractivity contribution in [1.82, 2.24) is 5.32 Å². The minimum absolute atomic E-state index is 0.165. The second-order valence-electron chi connectivity index (χ2n) is 6.94. The van der Waals surface area contributed by atoms with Gasteiger partial charge >= 0.3 is 5.97 Å². The average Bonchev–Trinajstić information content (AvgIpc) is 3.13. The Balaban J connectivity index is 1.56. The lowest BCUT2D eigenvalue weighted by Gasteiger charge is -2.15. The normalized spacial score (nSPS) is 15.4. The number of aryl methyl sites for hydroxylation is 1. The highest BCUT2D eigenvalue weighted by Gasteiger charge is 2.23. The lowest BCUT2D eigenvalue weighted by Crippen LogP contribution is -2.17. The Morgan fingerprint density at radius 2 is 1.90 bits per heavy atom. The van der Waals surface area contributed by atoms with Crippen LogP contribution in [-0.2, 0) is 20.7 Å². The third-order valence-corrected chi connectivity index (χ3v) is 4.91. The van der Waals surface area contributed by atoms with E-state index in [9.17, 15) is 4.79 Å². The third-order valence-electron chi connectivity index (χ3n) is 4.91. The first-order valence-corrected chi connectivity index (χ1v) is 10.2. The molecule has 0 amide bonds. The van der Waals surface area contributed by atoms with Gasteiger partial charge < -0.3 is 24.3 Å². The molecule has 160 valence electrons. The Kier molecular flexibility index (Phi) is 7.60. The van der Waals surface area contributed by atoms with Crippen molar-refractivity contribution < 1.29 is 23.7 Å². The van der Waals surface area contributed by atoms with Crippen molar-refractivity contribution in [1.29, 1.82) is 0 Å². The molecule has 0 aromatic heterocycles. The van der Waals surface area contributed by atoms with Crippen molar-refractivity contribution in [2.24, 2.45) is 0 Å². The predicted octanol–water partition coefficient (Wildman–Crippen LogP) is 4.51. The van der Waals surface area contributed by atoms with Gasteiger partial charge in [0, 0.05) is 18.4 Å². The first-order chi connectivity index (χ1) is 14.6. The summed E-state index contributed by atoms with van der Waals surface area (Å²) in [6.07, 6.45) is 1.37. The molecule has 2 aromatic rings. The van der Waals surface area contributed by atoms with E-state index >= 15 is 0 Å². The molecule has 1 heterocycles. The SMILES string of the molecule is CCOC(=O)CCc1cccc(OCCC2=C(C)OC(c3ccccc3)N2)c1OC. The maximum atomic E-state index is 11.7. The van der Waals surface area contributed by atoms with Crippen LogP contribution in [0.3, 0.4) is 0 Å². The fraction of sp³-hybridized carbons (Fsp3) is 0.375. The molecule has 0 saturated heterocycles. The number of esters is 1. The Morgan fingerprint density at radius 1 is 1.10 bits per heavy atom. The molecule has 1 aliphatic rings. The molecule has 0 saturated carbocycles. The number of nitrogens with one attached hydrogen (secondary N) is 1. The number of carbonyl (C=O) groups is 1. The summed E-state index contributed by atoms with van der Waals surface area (Å²) >= 11 is 0. The number of hydrogen-bond donors (Lipinski definition) is 1. The summed E-state index contributed by atoms with van der Waals surface area (Å²) in [4.78, 5) is 11.7. The van der Waals surface area contributed by atoms with E-state index in [0.29, 0.717) is 44.0 Å². The van der Waals surface area contributed by atoms with Crippen molar-refractivity contribution in [3.05, 3.63) is 71.1 Å². The zero-order valence-electron chi connectivity index (χ0n) is 17.8. The zero-order valence-corrected chi connectivity index (χ0v) is 17.8. The average molecular weight is 411 g/mol. The molecule has 0 spiro atoms. The van der Waals surface area contributed by atoms with Gasteiger partial charge in [0.1, 0.15) is 5.76 Å². The number of ether oxygens (including phenoxy) is 4. The quantitative estimate of drug-likeness (QED) is 0.580. The zero-order chi connectivity index (χ0) is 21.3. The van der Waals surface area contributed by atoms with Gasteiger partial charge in [-0.15, -0.1) is 0 Å². The summed E-state index contributed by atoms with van der Waals surface area (Å²) in [5.74, 6) is 1.98. The summed E-state index contributed by atoms with van der Waals surface area (Å²) in [6.45, 7) is 4.62. The second kappa shape index (κ2) is 10.6. The molecule has 2 aromatic carbocycles. The maximum Gasteiger partial charge on any atom is 0.306 e. The van der Waals surface area contributed by atoms with Crippen LogP contribution in [0.25, 0.3) is 0 Å². The Bertz CT molecular complexity index is 878. The van der Waals surface area contributed by atoms with Crippen molar-refractivity contribution in [2.75, 3.05) is 20.3 Å². The second-order valence-corrected chi connectivity index (χ2v) is 6.94. The minimum Gasteiger partial charge on any atom is -0.493 e. The number of methoxy groups -OCH3 is 1. The Morgan fingerprint density at radius 3 is 2.63 bits per heavy atom. The van der Waals surface area contributed by atoms with Crippen LogP contribution in [0.5, 0.6) is 11.5 Å². The molecule has 30 heavy (non-hydrogen) atoms. The van der Waals surface area contributed by atoms with E-state index in [4.69, 9.17) is 18.9 Å². The van der Waals surface area contributed by atoms with E-state index in [0.717, 1.165) is 22.6 Å². The summed E-state index contributed by atoms with van der Waals surface area (Å²) in [6, 6.07) is 15.8. The van der Waals surface area contributed by atoms with Gasteiger partial charge in [0.2, 0.25) is 0 Å². The van der Waals surface area contributed by atoms with Crippen molar-refractivity contribution in [3.8, 4) is 11.5 Å². The topological polar surface area (TPSA) is 66.0 Å². The number of hydrogen-bond acceptors (Lipinski definition) is 6. The minimum atomic E-state index is -0.214. The molecular formula is C24H29NO5. The molecule has 6 heteroatoms. The number of rotatable bonds is 10. The van der Waals surface area contributed by atoms with Crippen molar-refractivity contribution in [2.45, 2.75) is 39.3 Å². The number of carbonyl (C=O) groups excluding carboxylic acids is 1. The molecule has 1 N–H and O–H groups in total.